The van der Waals surface area contributed by atoms with Gasteiger partial charge in [0.25, 0.3) is 0 Å². The highest BCUT2D eigenvalue weighted by Crippen LogP contribution is 2.26. The molecule has 0 radical (unpaired) electrons. The van der Waals surface area contributed by atoms with E-state index in [2.05, 4.69) is 5.32 Å². The summed E-state index contributed by atoms with van der Waals surface area (Å²) in [5.74, 6) is 0. The third-order valence-corrected chi connectivity index (χ3v) is 1.92. The molecular weight excluding hydrogens is 150 g/mol. The zero-order valence-corrected chi connectivity index (χ0v) is 6.82. The summed E-state index contributed by atoms with van der Waals surface area (Å²) < 4.78 is 5.66. The summed E-state index contributed by atoms with van der Waals surface area (Å²) in [6.07, 6.45) is 5.00. The van der Waals surface area contributed by atoms with E-state index >= 15 is 0 Å². The molecule has 10 heavy (non-hydrogen) atoms. The third-order valence-electron chi connectivity index (χ3n) is 1.92. The van der Waals surface area contributed by atoms with Gasteiger partial charge in [-0.05, 0) is 25.8 Å². The fourth-order valence-corrected chi connectivity index (χ4v) is 1.22. The minimum atomic E-state index is 0. The summed E-state index contributed by atoms with van der Waals surface area (Å²) in [4.78, 5) is 0. The zero-order valence-electron chi connectivity index (χ0n) is 6.01. The first kappa shape index (κ1) is 8.31. The number of halogens is 1. The highest BCUT2D eigenvalue weighted by Gasteiger charge is 2.27. The van der Waals surface area contributed by atoms with Gasteiger partial charge in [-0.2, -0.15) is 0 Å². The average molecular weight is 164 g/mol. The van der Waals surface area contributed by atoms with Gasteiger partial charge in [-0.15, -0.1) is 12.4 Å². The Hall–Kier alpha value is 0.210. The molecule has 0 unspecified atom stereocenters. The molecule has 0 bridgehead atoms. The van der Waals surface area contributed by atoms with Gasteiger partial charge in [0.05, 0.1) is 12.2 Å². The normalized spacial score (nSPS) is 31.8. The fraction of sp³-hybridized carbons (Fsp3) is 1.00. The summed E-state index contributed by atoms with van der Waals surface area (Å²) in [5, 5.41) is 3.28. The van der Waals surface area contributed by atoms with Gasteiger partial charge < -0.3 is 10.1 Å². The SMILES string of the molecule is C1C[C@H](OC2CC2)CN1.Cl. The first-order valence-electron chi connectivity index (χ1n) is 3.81. The van der Waals surface area contributed by atoms with Crippen molar-refractivity contribution in [2.45, 2.75) is 31.5 Å². The maximum Gasteiger partial charge on any atom is 0.0715 e. The van der Waals surface area contributed by atoms with Crippen molar-refractivity contribution in [3.8, 4) is 0 Å². The zero-order chi connectivity index (χ0) is 6.10. The Labute approximate surface area is 67.7 Å². The predicted molar refractivity (Wildman–Crippen MR) is 42.6 cm³/mol. The van der Waals surface area contributed by atoms with Crippen molar-refractivity contribution in [1.82, 2.24) is 5.32 Å². The van der Waals surface area contributed by atoms with Gasteiger partial charge >= 0.3 is 0 Å². The number of hydrogen-bond acceptors (Lipinski definition) is 2. The maximum atomic E-state index is 5.66. The Morgan fingerprint density at radius 2 is 1.90 bits per heavy atom. The summed E-state index contributed by atoms with van der Waals surface area (Å²) in [6, 6.07) is 0. The topological polar surface area (TPSA) is 21.3 Å². The summed E-state index contributed by atoms with van der Waals surface area (Å²) in [7, 11) is 0. The van der Waals surface area contributed by atoms with Crippen LogP contribution in [0.25, 0.3) is 0 Å². The van der Waals surface area contributed by atoms with Gasteiger partial charge in [-0.1, -0.05) is 0 Å². The molecule has 0 aromatic carbocycles. The molecular formula is C7H14ClNO. The Bertz CT molecular complexity index is 99.8. The molecule has 0 aromatic heterocycles. The predicted octanol–water partition coefficient (Wildman–Crippen LogP) is 0.949. The van der Waals surface area contributed by atoms with Crippen molar-refractivity contribution in [3.05, 3.63) is 0 Å². The Morgan fingerprint density at radius 3 is 2.40 bits per heavy atom. The van der Waals surface area contributed by atoms with Gasteiger partial charge in [0.1, 0.15) is 0 Å². The lowest BCUT2D eigenvalue weighted by molar-refractivity contribution is 0.0536. The van der Waals surface area contributed by atoms with Crippen LogP contribution in [-0.2, 0) is 4.74 Å². The largest absolute Gasteiger partial charge is 0.374 e. The standard InChI is InChI=1S/C7H13NO.ClH/c1-2-6(1)9-7-3-4-8-5-7;/h6-8H,1-5H2;1H/t7-;/m0./s1. The van der Waals surface area contributed by atoms with Crippen LogP contribution in [0.2, 0.25) is 0 Å². The van der Waals surface area contributed by atoms with Crippen LogP contribution in [0.15, 0.2) is 0 Å². The molecule has 1 atom stereocenters. The van der Waals surface area contributed by atoms with Crippen molar-refractivity contribution in [2.24, 2.45) is 0 Å². The van der Waals surface area contributed by atoms with E-state index < -0.39 is 0 Å². The first-order chi connectivity index (χ1) is 4.45. The Balaban J connectivity index is 0.000000500. The second-order valence-corrected chi connectivity index (χ2v) is 2.95. The molecule has 60 valence electrons. The molecule has 1 heterocycles. The molecule has 0 aromatic rings. The number of ether oxygens (including phenoxy) is 1. The van der Waals surface area contributed by atoms with Gasteiger partial charge in [0.15, 0.2) is 0 Å². The smallest absolute Gasteiger partial charge is 0.0715 e. The first-order valence-corrected chi connectivity index (χ1v) is 3.81. The third kappa shape index (κ3) is 2.11. The molecule has 2 nitrogen and oxygen atoms in total. The van der Waals surface area contributed by atoms with E-state index in [-0.39, 0.29) is 12.4 Å². The van der Waals surface area contributed by atoms with Crippen LogP contribution >= 0.6 is 12.4 Å². The lowest BCUT2D eigenvalue weighted by Crippen LogP contribution is -2.17. The van der Waals surface area contributed by atoms with E-state index in [1.165, 1.54) is 19.3 Å². The van der Waals surface area contributed by atoms with Crippen LogP contribution in [0.5, 0.6) is 0 Å². The lowest BCUT2D eigenvalue weighted by atomic mass is 10.3. The minimum Gasteiger partial charge on any atom is -0.374 e. The molecule has 1 saturated carbocycles. The summed E-state index contributed by atoms with van der Waals surface area (Å²) in [5.41, 5.74) is 0. The van der Waals surface area contributed by atoms with Crippen molar-refractivity contribution in [1.29, 1.82) is 0 Å². The number of rotatable bonds is 2. The van der Waals surface area contributed by atoms with Crippen LogP contribution in [0.4, 0.5) is 0 Å². The van der Waals surface area contributed by atoms with Crippen molar-refractivity contribution in [2.75, 3.05) is 13.1 Å². The van der Waals surface area contributed by atoms with Gasteiger partial charge in [0.2, 0.25) is 0 Å². The van der Waals surface area contributed by atoms with E-state index in [0.29, 0.717) is 12.2 Å². The van der Waals surface area contributed by atoms with Crippen LogP contribution in [0.3, 0.4) is 0 Å². The Kier molecular flexibility index (Phi) is 2.96. The van der Waals surface area contributed by atoms with Crippen molar-refractivity contribution in [3.63, 3.8) is 0 Å². The van der Waals surface area contributed by atoms with Crippen LogP contribution in [0, 0.1) is 0 Å². The quantitative estimate of drug-likeness (QED) is 0.655. The molecule has 2 rings (SSSR count). The molecule has 1 saturated heterocycles. The van der Waals surface area contributed by atoms with E-state index in [9.17, 15) is 0 Å². The highest BCUT2D eigenvalue weighted by atomic mass is 35.5. The molecule has 3 heteroatoms. The maximum absolute atomic E-state index is 5.66. The molecule has 2 aliphatic rings. The molecule has 0 spiro atoms. The van der Waals surface area contributed by atoms with Crippen molar-refractivity contribution >= 4 is 12.4 Å². The average Bonchev–Trinajstić information content (AvgIpc) is 2.46. The van der Waals surface area contributed by atoms with E-state index in [0.717, 1.165) is 13.1 Å². The Morgan fingerprint density at radius 1 is 1.10 bits per heavy atom. The van der Waals surface area contributed by atoms with Crippen LogP contribution < -0.4 is 5.32 Å². The molecule has 2 fully saturated rings. The second kappa shape index (κ2) is 3.56. The monoisotopic (exact) mass is 163 g/mol. The number of hydrogen-bond donors (Lipinski definition) is 1. The summed E-state index contributed by atoms with van der Waals surface area (Å²) >= 11 is 0. The molecule has 1 aliphatic heterocycles. The van der Waals surface area contributed by atoms with Crippen LogP contribution in [0.1, 0.15) is 19.3 Å². The van der Waals surface area contributed by atoms with Crippen molar-refractivity contribution < 1.29 is 4.74 Å². The molecule has 0 amide bonds. The lowest BCUT2D eigenvalue weighted by Gasteiger charge is -2.07. The fourth-order valence-electron chi connectivity index (χ4n) is 1.22. The van der Waals surface area contributed by atoms with Gasteiger partial charge in [-0.3, -0.25) is 0 Å². The van der Waals surface area contributed by atoms with E-state index in [1.807, 2.05) is 0 Å². The summed E-state index contributed by atoms with van der Waals surface area (Å²) in [6.45, 7) is 2.23. The van der Waals surface area contributed by atoms with Crippen LogP contribution in [-0.4, -0.2) is 25.3 Å². The van der Waals surface area contributed by atoms with E-state index in [1.54, 1.807) is 0 Å². The van der Waals surface area contributed by atoms with Gasteiger partial charge in [0, 0.05) is 6.54 Å². The number of nitrogens with one attached hydrogen (secondary N) is 1. The molecule has 1 N–H and O–H groups in total. The second-order valence-electron chi connectivity index (χ2n) is 2.95. The highest BCUT2D eigenvalue weighted by molar-refractivity contribution is 5.85. The molecule has 1 aliphatic carbocycles. The minimum absolute atomic E-state index is 0. The van der Waals surface area contributed by atoms with E-state index in [4.69, 9.17) is 4.74 Å². The van der Waals surface area contributed by atoms with Gasteiger partial charge in [-0.25, -0.2) is 0 Å².